The minimum Gasteiger partial charge on any atom is -0.311 e. The highest BCUT2D eigenvalue weighted by atomic mass is 15.2. The van der Waals surface area contributed by atoms with Gasteiger partial charge < -0.3 is 9.80 Å². The molecule has 0 fully saturated rings. The number of hydrogen-bond donors (Lipinski definition) is 0. The summed E-state index contributed by atoms with van der Waals surface area (Å²) >= 11 is 0. The molecule has 103 heavy (non-hydrogen) atoms. The first kappa shape index (κ1) is 59.6. The molecule has 2 aliphatic rings. The van der Waals surface area contributed by atoms with E-state index < -0.39 is 0 Å². The van der Waals surface area contributed by atoms with Gasteiger partial charge in [-0.05, 0) is 219 Å². The van der Waals surface area contributed by atoms with Gasteiger partial charge in [-0.15, -0.1) is 0 Å². The standard InChI is InChI=1S/C98H63BN4/c1-7-23-64(24-8-1)70-39-45-85(46-40-70)102-93-61-84(98-100-91(82-55-78(66-27-11-3-12-28-66)53-79(56-82)67-29-13-4-14-30-67)63-92(101-98)83-57-80(68-31-15-5-16-32-68)54-81(58-83)69-33-17-6-18-34-69)62-94-95(93)99(89-49-43-76-51-72-35-19-21-37-74(72)59-87(76)96(89)102)90-50-44-77-52-73-36-20-22-38-75(73)60-88(77)97(90)103(94)86-47-41-71(42-48-86)65-25-9-2-10-26-65/h1-63H. The van der Waals surface area contributed by atoms with Crippen molar-refractivity contribution in [3.8, 4) is 101 Å². The molecule has 1 aromatic heterocycles. The SMILES string of the molecule is c1ccc(-c2ccc(N3c4cc(-c5nc(-c6cc(-c7ccccc7)cc(-c7ccccc7)c6)cc(-c6cc(-c7ccccc7)cc(-c7ccccc7)c6)n5)cc5c4B(c4ccc6cc7ccccc7cc6c43)c3ccc4cc6ccccc6cc4c3N5c3ccc(-c4ccccc4)cc3)cc2)cc1. The summed E-state index contributed by atoms with van der Waals surface area (Å²) in [6, 6.07) is 141. The van der Waals surface area contributed by atoms with Gasteiger partial charge in [-0.1, -0.05) is 279 Å². The van der Waals surface area contributed by atoms with Crippen LogP contribution in [0.2, 0.25) is 0 Å². The number of anilines is 6. The van der Waals surface area contributed by atoms with Crippen molar-refractivity contribution in [2.45, 2.75) is 0 Å². The summed E-state index contributed by atoms with van der Waals surface area (Å²) in [7, 11) is 0. The van der Waals surface area contributed by atoms with Crippen LogP contribution in [0.15, 0.2) is 382 Å². The molecule has 0 N–H and O–H groups in total. The van der Waals surface area contributed by atoms with Crippen molar-refractivity contribution in [2.75, 3.05) is 9.80 Å². The quantitative estimate of drug-likeness (QED) is 0.0954. The van der Waals surface area contributed by atoms with Gasteiger partial charge in [0.25, 0.3) is 6.71 Å². The lowest BCUT2D eigenvalue weighted by Crippen LogP contribution is -2.61. The molecule has 0 aliphatic carbocycles. The van der Waals surface area contributed by atoms with Gasteiger partial charge in [-0.3, -0.25) is 0 Å². The van der Waals surface area contributed by atoms with E-state index in [2.05, 4.69) is 392 Å². The highest BCUT2D eigenvalue weighted by molar-refractivity contribution is 7.01. The van der Waals surface area contributed by atoms with E-state index in [1.54, 1.807) is 0 Å². The normalized spacial score (nSPS) is 12.2. The fraction of sp³-hybridized carbons (Fsp3) is 0. The minimum atomic E-state index is -0.215. The van der Waals surface area contributed by atoms with Crippen molar-refractivity contribution in [3.63, 3.8) is 0 Å². The Hall–Kier alpha value is -13.5. The smallest absolute Gasteiger partial charge is 0.252 e. The number of rotatable bonds is 11. The Labute approximate surface area is 599 Å². The number of fused-ring (bicyclic) bond motifs is 10. The summed E-state index contributed by atoms with van der Waals surface area (Å²) in [5.41, 5.74) is 28.1. The average Bonchev–Trinajstić information content (AvgIpc) is 0.685. The molecule has 0 spiro atoms. The number of aromatic nitrogens is 2. The molecular weight excluding hydrogens is 1240 g/mol. The van der Waals surface area contributed by atoms with Crippen LogP contribution in [0.3, 0.4) is 0 Å². The van der Waals surface area contributed by atoms with Crippen LogP contribution in [-0.4, -0.2) is 16.7 Å². The van der Waals surface area contributed by atoms with Crippen LogP contribution in [0.25, 0.3) is 144 Å². The van der Waals surface area contributed by atoms with Gasteiger partial charge in [0.05, 0.1) is 11.4 Å². The second-order valence-corrected chi connectivity index (χ2v) is 27.2. The van der Waals surface area contributed by atoms with E-state index in [4.69, 9.17) is 9.97 Å². The highest BCUT2D eigenvalue weighted by Gasteiger charge is 2.45. The Morgan fingerprint density at radius 2 is 0.495 bits per heavy atom. The van der Waals surface area contributed by atoms with Gasteiger partial charge in [0.15, 0.2) is 5.82 Å². The fourth-order valence-corrected chi connectivity index (χ4v) is 16.1. The second kappa shape index (κ2) is 24.8. The summed E-state index contributed by atoms with van der Waals surface area (Å²) in [5.74, 6) is 0.601. The topological polar surface area (TPSA) is 32.3 Å². The van der Waals surface area contributed by atoms with E-state index in [0.29, 0.717) is 5.82 Å². The fourth-order valence-electron chi connectivity index (χ4n) is 16.1. The third-order valence-electron chi connectivity index (χ3n) is 21.1. The molecule has 0 amide bonds. The van der Waals surface area contributed by atoms with E-state index in [-0.39, 0.29) is 6.71 Å². The summed E-state index contributed by atoms with van der Waals surface area (Å²) < 4.78 is 0. The van der Waals surface area contributed by atoms with Crippen LogP contribution < -0.4 is 26.2 Å². The Kier molecular flexibility index (Phi) is 14.3. The molecule has 0 radical (unpaired) electrons. The first-order valence-corrected chi connectivity index (χ1v) is 35.4. The monoisotopic (exact) mass is 1310 g/mol. The molecule has 0 saturated heterocycles. The Morgan fingerprint density at radius 1 is 0.204 bits per heavy atom. The summed E-state index contributed by atoms with van der Waals surface area (Å²) in [6.45, 7) is -0.215. The molecule has 0 saturated carbocycles. The van der Waals surface area contributed by atoms with Gasteiger partial charge in [-0.2, -0.15) is 0 Å². The molecular formula is C98H63BN4. The highest BCUT2D eigenvalue weighted by Crippen LogP contribution is 2.51. The van der Waals surface area contributed by atoms with Crippen LogP contribution in [0.1, 0.15) is 0 Å². The third-order valence-corrected chi connectivity index (χ3v) is 21.1. The zero-order valence-corrected chi connectivity index (χ0v) is 56.2. The van der Waals surface area contributed by atoms with Crippen molar-refractivity contribution in [2.24, 2.45) is 0 Å². The lowest BCUT2D eigenvalue weighted by Gasteiger charge is -2.45. The zero-order valence-electron chi connectivity index (χ0n) is 56.2. The first-order valence-electron chi connectivity index (χ1n) is 35.4. The molecule has 5 heteroatoms. The van der Waals surface area contributed by atoms with Gasteiger partial charge in [0.1, 0.15) is 0 Å². The lowest BCUT2D eigenvalue weighted by atomic mass is 9.33. The molecule has 4 nitrogen and oxygen atoms in total. The van der Waals surface area contributed by atoms with Crippen molar-refractivity contribution >= 4 is 100 Å². The molecule has 20 rings (SSSR count). The predicted molar refractivity (Wildman–Crippen MR) is 435 cm³/mol. The summed E-state index contributed by atoms with van der Waals surface area (Å²) in [5, 5.41) is 9.47. The van der Waals surface area contributed by atoms with Gasteiger partial charge in [0.2, 0.25) is 0 Å². The summed E-state index contributed by atoms with van der Waals surface area (Å²) in [6.07, 6.45) is 0. The third kappa shape index (κ3) is 10.6. The average molecular weight is 1310 g/mol. The second-order valence-electron chi connectivity index (χ2n) is 27.2. The predicted octanol–water partition coefficient (Wildman–Crippen LogP) is 24.2. The van der Waals surface area contributed by atoms with Gasteiger partial charge in [0, 0.05) is 61.6 Å². The van der Waals surface area contributed by atoms with E-state index in [1.807, 2.05) is 0 Å². The van der Waals surface area contributed by atoms with Crippen LogP contribution in [0.5, 0.6) is 0 Å². The molecule has 0 atom stereocenters. The zero-order chi connectivity index (χ0) is 67.9. The van der Waals surface area contributed by atoms with Crippen LogP contribution in [0, 0.1) is 0 Å². The van der Waals surface area contributed by atoms with E-state index in [9.17, 15) is 0 Å². The van der Waals surface area contributed by atoms with Gasteiger partial charge in [-0.25, -0.2) is 9.97 Å². The van der Waals surface area contributed by atoms with E-state index in [1.165, 1.54) is 70.6 Å². The molecule has 0 bridgehead atoms. The molecule has 18 aromatic rings. The summed E-state index contributed by atoms with van der Waals surface area (Å²) in [4.78, 5) is 17.1. The van der Waals surface area contributed by atoms with Crippen molar-refractivity contribution in [1.82, 2.24) is 9.97 Å². The maximum Gasteiger partial charge on any atom is 0.252 e. The van der Waals surface area contributed by atoms with Crippen molar-refractivity contribution in [1.29, 1.82) is 0 Å². The van der Waals surface area contributed by atoms with E-state index >= 15 is 0 Å². The molecule has 17 aromatic carbocycles. The molecule has 0 unspecified atom stereocenters. The molecule has 478 valence electrons. The van der Waals surface area contributed by atoms with Crippen molar-refractivity contribution < 1.29 is 0 Å². The number of nitrogens with zero attached hydrogens (tertiary/aromatic N) is 4. The van der Waals surface area contributed by atoms with Crippen LogP contribution in [-0.2, 0) is 0 Å². The number of benzene rings is 17. The van der Waals surface area contributed by atoms with Crippen LogP contribution in [0.4, 0.5) is 34.1 Å². The molecule has 2 aliphatic heterocycles. The maximum atomic E-state index is 5.99. The minimum absolute atomic E-state index is 0.215. The van der Waals surface area contributed by atoms with E-state index in [0.717, 1.165) is 118 Å². The van der Waals surface area contributed by atoms with Gasteiger partial charge >= 0.3 is 0 Å². The Bertz CT molecular complexity index is 5830. The lowest BCUT2D eigenvalue weighted by molar-refractivity contribution is 1.18. The Balaban J connectivity index is 0.917. The molecule has 3 heterocycles. The van der Waals surface area contributed by atoms with Crippen molar-refractivity contribution in [3.05, 3.63) is 382 Å². The largest absolute Gasteiger partial charge is 0.311 e. The maximum absolute atomic E-state index is 5.99. The van der Waals surface area contributed by atoms with Crippen LogP contribution >= 0.6 is 0 Å². The number of hydrogen-bond acceptors (Lipinski definition) is 4. The Morgan fingerprint density at radius 3 is 0.835 bits per heavy atom. The first-order chi connectivity index (χ1) is 51.0.